The van der Waals surface area contributed by atoms with Crippen molar-refractivity contribution in [2.24, 2.45) is 11.8 Å². The van der Waals surface area contributed by atoms with Crippen molar-refractivity contribution >= 4 is 27.5 Å². The topological polar surface area (TPSA) is 87.8 Å². The van der Waals surface area contributed by atoms with Crippen LogP contribution in [-0.2, 0) is 24.2 Å². The molecule has 6 nitrogen and oxygen atoms in total. The summed E-state index contributed by atoms with van der Waals surface area (Å²) in [5.41, 5.74) is 0.119. The van der Waals surface area contributed by atoms with Gasteiger partial charge in [-0.3, -0.25) is 14.2 Å². The fraction of sp³-hybridized carbons (Fsp3) is 0.579. The molecule has 2 atom stereocenters. The average molecular weight is 370 g/mol. The summed E-state index contributed by atoms with van der Waals surface area (Å²) in [6.45, 7) is 3.88. The minimum absolute atomic E-state index is 0.104. The van der Waals surface area contributed by atoms with Gasteiger partial charge in [0, 0.05) is 4.88 Å². The predicted molar refractivity (Wildman–Crippen MR) is 100.0 cm³/mol. The summed E-state index contributed by atoms with van der Waals surface area (Å²) in [6.07, 6.45) is 6.34. The molecule has 7 heteroatoms. The van der Waals surface area contributed by atoms with E-state index in [1.165, 1.54) is 15.8 Å². The highest BCUT2D eigenvalue weighted by molar-refractivity contribution is 7.18. The molecule has 136 valence electrons. The monoisotopic (exact) mass is 370 g/mol. The van der Waals surface area contributed by atoms with E-state index in [9.17, 15) is 14.9 Å². The van der Waals surface area contributed by atoms with Gasteiger partial charge in [0.05, 0.1) is 17.8 Å². The smallest absolute Gasteiger partial charge is 0.262 e. The highest BCUT2D eigenvalue weighted by Gasteiger charge is 2.43. The van der Waals surface area contributed by atoms with Crippen LogP contribution in [0.4, 0.5) is 0 Å². The maximum Gasteiger partial charge on any atom is 0.262 e. The number of carbonyl (C=O) groups excluding carboxylic acids is 1. The Morgan fingerprint density at radius 3 is 2.96 bits per heavy atom. The number of nitrogens with zero attached hydrogens (tertiary/aromatic N) is 3. The van der Waals surface area contributed by atoms with Crippen LogP contribution in [0.15, 0.2) is 11.1 Å². The van der Waals surface area contributed by atoms with Gasteiger partial charge in [-0.25, -0.2) is 4.98 Å². The van der Waals surface area contributed by atoms with Gasteiger partial charge >= 0.3 is 0 Å². The van der Waals surface area contributed by atoms with Gasteiger partial charge in [0.1, 0.15) is 16.9 Å². The Bertz CT molecular complexity index is 982. The zero-order valence-corrected chi connectivity index (χ0v) is 15.9. The molecule has 2 aliphatic rings. The number of aryl methyl sites for hydroxylation is 1. The van der Waals surface area contributed by atoms with E-state index in [0.717, 1.165) is 42.5 Å². The van der Waals surface area contributed by atoms with E-state index >= 15 is 0 Å². The molecule has 0 spiro atoms. The van der Waals surface area contributed by atoms with Crippen molar-refractivity contribution in [1.29, 1.82) is 5.26 Å². The number of thiophene rings is 1. The molecule has 0 unspecified atom stereocenters. The Labute approximate surface area is 155 Å². The van der Waals surface area contributed by atoms with Crippen LogP contribution in [0.3, 0.4) is 0 Å². The zero-order valence-electron chi connectivity index (χ0n) is 15.0. The lowest BCUT2D eigenvalue weighted by Gasteiger charge is -2.23. The van der Waals surface area contributed by atoms with Gasteiger partial charge < -0.3 is 5.32 Å². The molecule has 2 aromatic rings. The van der Waals surface area contributed by atoms with Crippen LogP contribution < -0.4 is 10.9 Å². The second kappa shape index (κ2) is 6.20. The number of amides is 1. The Kier molecular flexibility index (Phi) is 4.11. The number of nitriles is 1. The number of hydrogen-bond acceptors (Lipinski definition) is 5. The Morgan fingerprint density at radius 2 is 2.27 bits per heavy atom. The second-order valence-electron chi connectivity index (χ2n) is 7.85. The first-order chi connectivity index (χ1) is 12.4. The number of carbonyl (C=O) groups is 1. The van der Waals surface area contributed by atoms with Gasteiger partial charge in [-0.1, -0.05) is 6.92 Å². The minimum atomic E-state index is -0.851. The lowest BCUT2D eigenvalue weighted by Crippen LogP contribution is -2.48. The van der Waals surface area contributed by atoms with Crippen molar-refractivity contribution in [2.45, 2.75) is 58.0 Å². The van der Waals surface area contributed by atoms with Crippen molar-refractivity contribution in [2.75, 3.05) is 0 Å². The van der Waals surface area contributed by atoms with Gasteiger partial charge in [0.15, 0.2) is 0 Å². The van der Waals surface area contributed by atoms with Crippen LogP contribution >= 0.6 is 11.3 Å². The maximum absolute atomic E-state index is 12.9. The first-order valence-corrected chi connectivity index (χ1v) is 9.95. The lowest BCUT2D eigenvalue weighted by molar-refractivity contribution is -0.123. The van der Waals surface area contributed by atoms with E-state index in [1.54, 1.807) is 18.3 Å². The fourth-order valence-corrected chi connectivity index (χ4v) is 5.19. The first-order valence-electron chi connectivity index (χ1n) is 9.13. The van der Waals surface area contributed by atoms with Crippen LogP contribution in [0.2, 0.25) is 0 Å². The first kappa shape index (κ1) is 17.2. The summed E-state index contributed by atoms with van der Waals surface area (Å²) < 4.78 is 1.37. The van der Waals surface area contributed by atoms with Gasteiger partial charge in [0.2, 0.25) is 5.91 Å². The summed E-state index contributed by atoms with van der Waals surface area (Å²) in [5, 5.41) is 12.9. The normalized spacial score (nSPS) is 21.7. The number of hydrogen-bond donors (Lipinski definition) is 1. The molecule has 0 saturated heterocycles. The van der Waals surface area contributed by atoms with Gasteiger partial charge in [-0.2, -0.15) is 5.26 Å². The standard InChI is InChI=1S/C19H22N4O2S/c1-11-3-6-13-14(7-11)26-17-16(13)18(25)23(10-21-17)8-15(24)22-19(2,9-20)12-4-5-12/h10-12H,3-8H2,1-2H3,(H,22,24)/t11-,19+/m1/s1. The molecule has 0 aliphatic heterocycles. The van der Waals surface area contributed by atoms with Crippen LogP contribution in [-0.4, -0.2) is 21.0 Å². The number of aromatic nitrogens is 2. The molecular formula is C19H22N4O2S. The number of nitrogens with one attached hydrogen (secondary N) is 1. The summed E-state index contributed by atoms with van der Waals surface area (Å²) in [5.74, 6) is 0.524. The summed E-state index contributed by atoms with van der Waals surface area (Å²) in [6, 6.07) is 2.21. The Hall–Kier alpha value is -2.20. The molecular weight excluding hydrogens is 348 g/mol. The van der Waals surface area contributed by atoms with Crippen molar-refractivity contribution in [3.8, 4) is 6.07 Å². The van der Waals surface area contributed by atoms with Crippen molar-refractivity contribution < 1.29 is 4.79 Å². The Morgan fingerprint density at radius 1 is 1.50 bits per heavy atom. The van der Waals surface area contributed by atoms with Gasteiger partial charge in [-0.15, -0.1) is 11.3 Å². The van der Waals surface area contributed by atoms with Crippen LogP contribution in [0.1, 0.15) is 43.6 Å². The molecule has 1 saturated carbocycles. The molecule has 1 amide bonds. The SMILES string of the molecule is C[C@@H]1CCc2c(sc3ncn(CC(=O)N[C@@](C)(C#N)C4CC4)c(=O)c23)C1. The quantitative estimate of drug-likeness (QED) is 0.895. The lowest BCUT2D eigenvalue weighted by atomic mass is 9.89. The van der Waals surface area contributed by atoms with E-state index < -0.39 is 5.54 Å². The van der Waals surface area contributed by atoms with Crippen molar-refractivity contribution in [1.82, 2.24) is 14.9 Å². The highest BCUT2D eigenvalue weighted by atomic mass is 32.1. The molecule has 0 radical (unpaired) electrons. The zero-order chi connectivity index (χ0) is 18.5. The molecule has 0 aromatic carbocycles. The Balaban J connectivity index is 1.61. The predicted octanol–water partition coefficient (Wildman–Crippen LogP) is 2.39. The third kappa shape index (κ3) is 2.92. The highest BCUT2D eigenvalue weighted by Crippen LogP contribution is 2.39. The van der Waals surface area contributed by atoms with Gasteiger partial charge in [0.25, 0.3) is 5.56 Å². The van der Waals surface area contributed by atoms with Gasteiger partial charge in [-0.05, 0) is 56.4 Å². The molecule has 1 N–H and O–H groups in total. The van der Waals surface area contributed by atoms with E-state index in [0.29, 0.717) is 11.3 Å². The van der Waals surface area contributed by atoms with Crippen LogP contribution in [0.5, 0.6) is 0 Å². The molecule has 26 heavy (non-hydrogen) atoms. The van der Waals surface area contributed by atoms with E-state index in [2.05, 4.69) is 23.3 Å². The summed E-state index contributed by atoms with van der Waals surface area (Å²) >= 11 is 1.60. The average Bonchev–Trinajstić information content (AvgIpc) is 3.39. The molecule has 2 heterocycles. The van der Waals surface area contributed by atoms with E-state index in [-0.39, 0.29) is 23.9 Å². The van der Waals surface area contributed by atoms with E-state index in [4.69, 9.17) is 0 Å². The number of rotatable bonds is 4. The molecule has 2 aliphatic carbocycles. The molecule has 4 rings (SSSR count). The maximum atomic E-state index is 12.9. The third-order valence-corrected chi connectivity index (χ3v) is 6.78. The largest absolute Gasteiger partial charge is 0.336 e. The molecule has 2 aromatic heterocycles. The third-order valence-electron chi connectivity index (χ3n) is 5.62. The van der Waals surface area contributed by atoms with Crippen LogP contribution in [0, 0.1) is 23.2 Å². The van der Waals surface area contributed by atoms with Crippen molar-refractivity contribution in [3.05, 3.63) is 27.1 Å². The fourth-order valence-electron chi connectivity index (χ4n) is 3.84. The second-order valence-corrected chi connectivity index (χ2v) is 8.93. The molecule has 1 fully saturated rings. The number of fused-ring (bicyclic) bond motifs is 3. The minimum Gasteiger partial charge on any atom is -0.336 e. The molecule has 0 bridgehead atoms. The summed E-state index contributed by atoms with van der Waals surface area (Å²) in [4.78, 5) is 31.8. The van der Waals surface area contributed by atoms with Crippen LogP contribution in [0.25, 0.3) is 10.2 Å². The summed E-state index contributed by atoms with van der Waals surface area (Å²) in [7, 11) is 0. The van der Waals surface area contributed by atoms with E-state index in [1.807, 2.05) is 0 Å². The van der Waals surface area contributed by atoms with Crippen molar-refractivity contribution in [3.63, 3.8) is 0 Å².